The monoisotopic (exact) mass is 328 g/mol. The van der Waals surface area contributed by atoms with Gasteiger partial charge in [0.05, 0.1) is 10.5 Å². The largest absolute Gasteiger partial charge is 0.311 e. The van der Waals surface area contributed by atoms with Crippen molar-refractivity contribution in [1.82, 2.24) is 5.32 Å². The summed E-state index contributed by atoms with van der Waals surface area (Å²) in [6, 6.07) is 3.27. The molecule has 0 aromatic heterocycles. The second-order valence-corrected chi connectivity index (χ2v) is 6.06. The van der Waals surface area contributed by atoms with Crippen LogP contribution in [-0.2, 0) is 4.79 Å². The van der Waals surface area contributed by atoms with Crippen LogP contribution in [0.4, 0.5) is 10.1 Å². The third kappa shape index (κ3) is 2.98. The number of rotatable bonds is 3. The maximum atomic E-state index is 13.4. The Morgan fingerprint density at radius 1 is 1.47 bits per heavy atom. The Balaban J connectivity index is 2.24. The van der Waals surface area contributed by atoms with Crippen LogP contribution in [0.25, 0.3) is 0 Å². The molecule has 1 aromatic rings. The lowest BCUT2D eigenvalue weighted by Gasteiger charge is -2.20. The minimum Gasteiger partial charge on any atom is -0.311 e. The third-order valence-corrected chi connectivity index (χ3v) is 3.88. The van der Waals surface area contributed by atoms with Gasteiger partial charge in [0.25, 0.3) is 0 Å². The lowest BCUT2D eigenvalue weighted by molar-refractivity contribution is -0.118. The van der Waals surface area contributed by atoms with Crippen molar-refractivity contribution < 1.29 is 9.18 Å². The van der Waals surface area contributed by atoms with E-state index in [1.165, 1.54) is 6.07 Å². The zero-order valence-corrected chi connectivity index (χ0v) is 12.9. The number of hydrogen-bond donors (Lipinski definition) is 1. The summed E-state index contributed by atoms with van der Waals surface area (Å²) in [7, 11) is 0. The molecule has 0 saturated carbocycles. The van der Waals surface area contributed by atoms with Crippen LogP contribution in [0.3, 0.4) is 0 Å². The first-order chi connectivity index (χ1) is 8.90. The molecule has 1 amide bonds. The molecule has 1 N–H and O–H groups in total. The summed E-state index contributed by atoms with van der Waals surface area (Å²) < 4.78 is 13.8. The average molecular weight is 329 g/mol. The second-order valence-electron chi connectivity index (χ2n) is 5.21. The number of hydrogen-bond acceptors (Lipinski definition) is 2. The number of carbonyl (C=O) groups excluding carboxylic acids is 1. The first kappa shape index (κ1) is 14.5. The molecule has 5 heteroatoms. The Morgan fingerprint density at radius 3 is 2.79 bits per heavy atom. The van der Waals surface area contributed by atoms with Crippen LogP contribution in [0.1, 0.15) is 25.8 Å². The Bertz CT molecular complexity index is 504. The van der Waals surface area contributed by atoms with Gasteiger partial charge in [-0.2, -0.15) is 0 Å². The molecule has 0 aliphatic carbocycles. The van der Waals surface area contributed by atoms with Gasteiger partial charge in [0.2, 0.25) is 5.91 Å². The van der Waals surface area contributed by atoms with Crippen LogP contribution in [0, 0.1) is 12.7 Å². The van der Waals surface area contributed by atoms with Crippen molar-refractivity contribution in [2.45, 2.75) is 39.3 Å². The standard InChI is InChI=1S/C14H18BrFN2O/c1-8(2)17-12-4-5-18(14(12)19)13-7-10(15)11(16)6-9(13)3/h6-8,12,17H,4-5H2,1-3H3. The fourth-order valence-corrected chi connectivity index (χ4v) is 2.73. The van der Waals surface area contributed by atoms with Gasteiger partial charge in [-0.1, -0.05) is 13.8 Å². The second kappa shape index (κ2) is 5.59. The molecule has 104 valence electrons. The maximum Gasteiger partial charge on any atom is 0.244 e. The Morgan fingerprint density at radius 2 is 2.16 bits per heavy atom. The highest BCUT2D eigenvalue weighted by Crippen LogP contribution is 2.30. The van der Waals surface area contributed by atoms with Gasteiger partial charge in [-0.25, -0.2) is 4.39 Å². The van der Waals surface area contributed by atoms with Crippen molar-refractivity contribution in [3.05, 3.63) is 28.0 Å². The zero-order chi connectivity index (χ0) is 14.2. The van der Waals surface area contributed by atoms with Crippen LogP contribution >= 0.6 is 15.9 Å². The first-order valence-electron chi connectivity index (χ1n) is 6.43. The van der Waals surface area contributed by atoms with Crippen molar-refractivity contribution in [3.63, 3.8) is 0 Å². The summed E-state index contributed by atoms with van der Waals surface area (Å²) in [6.45, 7) is 6.54. The highest BCUT2D eigenvalue weighted by Gasteiger charge is 2.33. The smallest absolute Gasteiger partial charge is 0.244 e. The fraction of sp³-hybridized carbons (Fsp3) is 0.500. The number of nitrogens with one attached hydrogen (secondary N) is 1. The van der Waals surface area contributed by atoms with Crippen LogP contribution in [0.5, 0.6) is 0 Å². The van der Waals surface area contributed by atoms with E-state index in [2.05, 4.69) is 21.2 Å². The zero-order valence-electron chi connectivity index (χ0n) is 11.3. The number of aryl methyl sites for hydroxylation is 1. The summed E-state index contributed by atoms with van der Waals surface area (Å²) in [5.41, 5.74) is 1.56. The molecule has 3 nitrogen and oxygen atoms in total. The lowest BCUT2D eigenvalue weighted by atomic mass is 10.2. The molecule has 19 heavy (non-hydrogen) atoms. The molecule has 1 heterocycles. The SMILES string of the molecule is Cc1cc(F)c(Br)cc1N1CCC(NC(C)C)C1=O. The summed E-state index contributed by atoms with van der Waals surface area (Å²) in [5.74, 6) is -0.236. The molecule has 0 radical (unpaired) electrons. The normalized spacial score (nSPS) is 19.6. The van der Waals surface area contributed by atoms with Gasteiger partial charge < -0.3 is 10.2 Å². The van der Waals surface area contributed by atoms with E-state index in [1.807, 2.05) is 20.8 Å². The predicted octanol–water partition coefficient (Wildman–Crippen LogP) is 3.00. The van der Waals surface area contributed by atoms with Gasteiger partial charge >= 0.3 is 0 Å². The van der Waals surface area contributed by atoms with Crippen LogP contribution < -0.4 is 10.2 Å². The Hall–Kier alpha value is -0.940. The van der Waals surface area contributed by atoms with Crippen molar-refractivity contribution in [3.8, 4) is 0 Å². The highest BCUT2D eigenvalue weighted by molar-refractivity contribution is 9.10. The average Bonchev–Trinajstić information content (AvgIpc) is 2.65. The number of carbonyl (C=O) groups is 1. The van der Waals surface area contributed by atoms with E-state index in [4.69, 9.17) is 0 Å². The molecule has 0 spiro atoms. The van der Waals surface area contributed by atoms with Gasteiger partial charge in [0.1, 0.15) is 5.82 Å². The summed E-state index contributed by atoms with van der Waals surface area (Å²) in [4.78, 5) is 14.1. The molecule has 1 fully saturated rings. The molecule has 1 saturated heterocycles. The van der Waals surface area contributed by atoms with Gasteiger partial charge in [-0.05, 0) is 47.0 Å². The van der Waals surface area contributed by atoms with Crippen LogP contribution in [0.15, 0.2) is 16.6 Å². The third-order valence-electron chi connectivity index (χ3n) is 3.27. The topological polar surface area (TPSA) is 32.3 Å². The number of benzene rings is 1. The van der Waals surface area contributed by atoms with E-state index in [0.29, 0.717) is 11.0 Å². The first-order valence-corrected chi connectivity index (χ1v) is 7.22. The molecule has 1 atom stereocenters. The van der Waals surface area contributed by atoms with Crippen molar-refractivity contribution in [2.75, 3.05) is 11.4 Å². The van der Waals surface area contributed by atoms with Crippen molar-refractivity contribution >= 4 is 27.5 Å². The summed E-state index contributed by atoms with van der Waals surface area (Å²) in [6.07, 6.45) is 0.783. The molecule has 1 aliphatic rings. The number of halogens is 2. The molecule has 0 bridgehead atoms. The fourth-order valence-electron chi connectivity index (χ4n) is 2.40. The number of anilines is 1. The quantitative estimate of drug-likeness (QED) is 0.925. The van der Waals surface area contributed by atoms with Gasteiger partial charge in [-0.3, -0.25) is 4.79 Å². The maximum absolute atomic E-state index is 13.4. The minimum atomic E-state index is -0.301. The summed E-state index contributed by atoms with van der Waals surface area (Å²) in [5, 5.41) is 3.26. The van der Waals surface area contributed by atoms with Crippen molar-refractivity contribution in [1.29, 1.82) is 0 Å². The lowest BCUT2D eigenvalue weighted by Crippen LogP contribution is -2.41. The highest BCUT2D eigenvalue weighted by atomic mass is 79.9. The number of nitrogens with zero attached hydrogens (tertiary/aromatic N) is 1. The van der Waals surface area contributed by atoms with E-state index < -0.39 is 0 Å². The predicted molar refractivity (Wildman–Crippen MR) is 77.9 cm³/mol. The van der Waals surface area contributed by atoms with E-state index >= 15 is 0 Å². The van der Waals surface area contributed by atoms with Crippen LogP contribution in [-0.4, -0.2) is 24.5 Å². The Labute approximate surface area is 121 Å². The van der Waals surface area contributed by atoms with E-state index in [1.54, 1.807) is 11.0 Å². The molecular formula is C14H18BrFN2O. The van der Waals surface area contributed by atoms with Gasteiger partial charge in [-0.15, -0.1) is 0 Å². The summed E-state index contributed by atoms with van der Waals surface area (Å²) >= 11 is 3.17. The van der Waals surface area contributed by atoms with Crippen LogP contribution in [0.2, 0.25) is 0 Å². The van der Waals surface area contributed by atoms with Gasteiger partial charge in [0.15, 0.2) is 0 Å². The molecule has 1 unspecified atom stereocenters. The van der Waals surface area contributed by atoms with E-state index in [9.17, 15) is 9.18 Å². The Kier molecular flexibility index (Phi) is 4.26. The van der Waals surface area contributed by atoms with E-state index in [0.717, 1.165) is 17.7 Å². The molecular weight excluding hydrogens is 311 g/mol. The molecule has 2 rings (SSSR count). The number of amides is 1. The molecule has 1 aliphatic heterocycles. The minimum absolute atomic E-state index is 0.0651. The molecule has 1 aromatic carbocycles. The van der Waals surface area contributed by atoms with Gasteiger partial charge in [0, 0.05) is 18.3 Å². The van der Waals surface area contributed by atoms with Crippen molar-refractivity contribution in [2.24, 2.45) is 0 Å². The van der Waals surface area contributed by atoms with E-state index in [-0.39, 0.29) is 23.8 Å².